The number of nitrogens with two attached hydrogens (primary N) is 1. The summed E-state index contributed by atoms with van der Waals surface area (Å²) in [6.07, 6.45) is 0.0685. The predicted molar refractivity (Wildman–Crippen MR) is 68.1 cm³/mol. The fourth-order valence-corrected chi connectivity index (χ4v) is 2.70. The number of nitrogens with one attached hydrogen (secondary N) is 1. The van der Waals surface area contributed by atoms with Crippen molar-refractivity contribution in [2.24, 2.45) is 5.73 Å². The van der Waals surface area contributed by atoms with E-state index in [4.69, 9.17) is 34.0 Å². The topological polar surface area (TPSA) is 92.4 Å². The second kappa shape index (κ2) is 4.66. The molecule has 0 saturated heterocycles. The van der Waals surface area contributed by atoms with Gasteiger partial charge in [-0.25, -0.2) is 4.79 Å². The van der Waals surface area contributed by atoms with E-state index >= 15 is 0 Å². The van der Waals surface area contributed by atoms with Gasteiger partial charge in [-0.1, -0.05) is 23.2 Å². The van der Waals surface area contributed by atoms with Crippen LogP contribution in [0.5, 0.6) is 0 Å². The van der Waals surface area contributed by atoms with Gasteiger partial charge in [0, 0.05) is 21.3 Å². The lowest BCUT2D eigenvalue weighted by Gasteiger charge is -2.30. The zero-order chi connectivity index (χ0) is 13.4. The van der Waals surface area contributed by atoms with Crippen molar-refractivity contribution in [2.45, 2.75) is 18.4 Å². The molecule has 4 N–H and O–H groups in total. The number of halogens is 2. The van der Waals surface area contributed by atoms with Gasteiger partial charge < -0.3 is 16.2 Å². The minimum atomic E-state index is -1.05. The number of carbonyl (C=O) groups excluding carboxylic acids is 1. The lowest BCUT2D eigenvalue weighted by molar-refractivity contribution is -0.138. The van der Waals surface area contributed by atoms with E-state index < -0.39 is 23.8 Å². The van der Waals surface area contributed by atoms with E-state index in [0.29, 0.717) is 21.3 Å². The van der Waals surface area contributed by atoms with Crippen LogP contribution in [0, 0.1) is 0 Å². The number of rotatable bonds is 2. The van der Waals surface area contributed by atoms with Crippen LogP contribution in [0.1, 0.15) is 17.9 Å². The summed E-state index contributed by atoms with van der Waals surface area (Å²) in [5, 5.41) is 12.5. The van der Waals surface area contributed by atoms with Crippen molar-refractivity contribution in [3.05, 3.63) is 27.7 Å². The summed E-state index contributed by atoms with van der Waals surface area (Å²) in [6, 6.07) is 2.15. The first-order valence-corrected chi connectivity index (χ1v) is 5.93. The minimum absolute atomic E-state index is 0.0685. The van der Waals surface area contributed by atoms with Gasteiger partial charge in [-0.2, -0.15) is 0 Å². The van der Waals surface area contributed by atoms with Gasteiger partial charge in [0.25, 0.3) is 0 Å². The third-order valence-corrected chi connectivity index (χ3v) is 3.42. The number of hydrogen-bond acceptors (Lipinski definition) is 3. The smallest absolute Gasteiger partial charge is 0.326 e. The van der Waals surface area contributed by atoms with E-state index in [1.165, 1.54) is 12.1 Å². The molecule has 0 unspecified atom stereocenters. The van der Waals surface area contributed by atoms with Crippen LogP contribution in [0.3, 0.4) is 0 Å². The summed E-state index contributed by atoms with van der Waals surface area (Å²) in [4.78, 5) is 22.5. The van der Waals surface area contributed by atoms with E-state index in [-0.39, 0.29) is 6.42 Å². The molecular formula is C11H10Cl2N2O3. The monoisotopic (exact) mass is 288 g/mol. The molecule has 7 heteroatoms. The lowest BCUT2D eigenvalue weighted by atomic mass is 9.86. The largest absolute Gasteiger partial charge is 0.480 e. The average Bonchev–Trinajstić information content (AvgIpc) is 2.26. The summed E-state index contributed by atoms with van der Waals surface area (Å²) < 4.78 is 0. The van der Waals surface area contributed by atoms with Gasteiger partial charge >= 0.3 is 5.97 Å². The fraction of sp³-hybridized carbons (Fsp3) is 0.273. The highest BCUT2D eigenvalue weighted by Gasteiger charge is 2.35. The number of carbonyl (C=O) groups is 2. The van der Waals surface area contributed by atoms with E-state index in [1.807, 2.05) is 0 Å². The molecule has 1 aliphatic rings. The molecule has 96 valence electrons. The first kappa shape index (κ1) is 13.0. The molecule has 18 heavy (non-hydrogen) atoms. The van der Waals surface area contributed by atoms with E-state index in [9.17, 15) is 9.59 Å². The van der Waals surface area contributed by atoms with E-state index in [0.717, 1.165) is 0 Å². The molecule has 1 aliphatic heterocycles. The number of benzene rings is 1. The number of carboxylic acids is 1. The Morgan fingerprint density at radius 2 is 2.06 bits per heavy atom. The molecule has 0 radical (unpaired) electrons. The summed E-state index contributed by atoms with van der Waals surface area (Å²) >= 11 is 11.9. The maximum atomic E-state index is 11.4. The zero-order valence-corrected chi connectivity index (χ0v) is 10.6. The SMILES string of the molecule is NC(=O)[C@H]1C[C@H](C(=O)O)Nc2cc(Cl)cc(Cl)c21. The second-order valence-corrected chi connectivity index (χ2v) is 4.92. The average molecular weight is 289 g/mol. The standard InChI is InChI=1S/C11H10Cl2N2O3/c12-4-1-6(13)9-5(10(14)16)3-8(11(17)18)15-7(9)2-4/h1-2,5,8,15H,3H2,(H2,14,16)(H,17,18)/t5-,8+/m0/s1. The molecule has 1 heterocycles. The van der Waals surface area contributed by atoms with Gasteiger partial charge in [0.15, 0.2) is 0 Å². The fourth-order valence-electron chi connectivity index (χ4n) is 2.08. The molecule has 2 atom stereocenters. The molecular weight excluding hydrogens is 279 g/mol. The molecule has 0 fully saturated rings. The van der Waals surface area contributed by atoms with Crippen molar-refractivity contribution in [3.8, 4) is 0 Å². The summed E-state index contributed by atoms with van der Waals surface area (Å²) in [5.74, 6) is -2.39. The maximum Gasteiger partial charge on any atom is 0.326 e. The Hall–Kier alpha value is -1.46. The lowest BCUT2D eigenvalue weighted by Crippen LogP contribution is -2.39. The number of anilines is 1. The molecule has 0 aromatic heterocycles. The van der Waals surface area contributed by atoms with Gasteiger partial charge in [-0.05, 0) is 18.6 Å². The molecule has 2 rings (SSSR count). The van der Waals surface area contributed by atoms with Gasteiger partial charge in [-0.3, -0.25) is 4.79 Å². The molecule has 1 amide bonds. The van der Waals surface area contributed by atoms with Crippen molar-refractivity contribution >= 4 is 40.8 Å². The van der Waals surface area contributed by atoms with Crippen molar-refractivity contribution in [1.82, 2.24) is 0 Å². The summed E-state index contributed by atoms with van der Waals surface area (Å²) in [6.45, 7) is 0. The predicted octanol–water partition coefficient (Wildman–Crippen LogP) is 1.83. The number of primary amides is 1. The first-order valence-electron chi connectivity index (χ1n) is 5.17. The molecule has 1 aromatic carbocycles. The third kappa shape index (κ3) is 2.23. The van der Waals surface area contributed by atoms with Crippen molar-refractivity contribution in [2.75, 3.05) is 5.32 Å². The Morgan fingerprint density at radius 1 is 1.39 bits per heavy atom. The third-order valence-electron chi connectivity index (χ3n) is 2.89. The number of amides is 1. The van der Waals surface area contributed by atoms with Gasteiger partial charge in [0.05, 0.1) is 5.92 Å². The van der Waals surface area contributed by atoms with Crippen LogP contribution >= 0.6 is 23.2 Å². The minimum Gasteiger partial charge on any atom is -0.480 e. The highest BCUT2D eigenvalue weighted by molar-refractivity contribution is 6.36. The van der Waals surface area contributed by atoms with Crippen molar-refractivity contribution < 1.29 is 14.7 Å². The first-order chi connectivity index (χ1) is 8.40. The van der Waals surface area contributed by atoms with Crippen LogP contribution in [0.25, 0.3) is 0 Å². The molecule has 0 spiro atoms. The maximum absolute atomic E-state index is 11.4. The van der Waals surface area contributed by atoms with E-state index in [2.05, 4.69) is 5.32 Å². The quantitative estimate of drug-likeness (QED) is 0.774. The van der Waals surface area contributed by atoms with Gasteiger partial charge in [0.2, 0.25) is 5.91 Å². The molecule has 0 aliphatic carbocycles. The van der Waals surface area contributed by atoms with E-state index in [1.54, 1.807) is 0 Å². The number of aliphatic carboxylic acids is 1. The Balaban J connectivity index is 2.54. The number of carboxylic acid groups (broad SMARTS) is 1. The summed E-state index contributed by atoms with van der Waals surface area (Å²) in [7, 11) is 0. The van der Waals surface area contributed by atoms with Crippen molar-refractivity contribution in [1.29, 1.82) is 0 Å². The van der Waals surface area contributed by atoms with Crippen LogP contribution in [0.2, 0.25) is 10.0 Å². The van der Waals surface area contributed by atoms with Crippen molar-refractivity contribution in [3.63, 3.8) is 0 Å². The van der Waals surface area contributed by atoms with Crippen LogP contribution in [0.15, 0.2) is 12.1 Å². The molecule has 0 saturated carbocycles. The Bertz CT molecular complexity index is 533. The highest BCUT2D eigenvalue weighted by atomic mass is 35.5. The second-order valence-electron chi connectivity index (χ2n) is 4.07. The number of fused-ring (bicyclic) bond motifs is 1. The zero-order valence-electron chi connectivity index (χ0n) is 9.11. The Morgan fingerprint density at radius 3 is 2.61 bits per heavy atom. The molecule has 1 aromatic rings. The van der Waals surface area contributed by atoms with Crippen LogP contribution in [-0.2, 0) is 9.59 Å². The van der Waals surface area contributed by atoms with Crippen LogP contribution < -0.4 is 11.1 Å². The molecule has 5 nitrogen and oxygen atoms in total. The summed E-state index contributed by atoms with van der Waals surface area (Å²) in [5.41, 5.74) is 6.25. The normalized spacial score (nSPS) is 21.9. The Kier molecular flexibility index (Phi) is 3.36. The Labute approximate surface area is 113 Å². The van der Waals surface area contributed by atoms with Gasteiger partial charge in [-0.15, -0.1) is 0 Å². The molecule has 0 bridgehead atoms. The highest BCUT2D eigenvalue weighted by Crippen LogP contribution is 2.40. The van der Waals surface area contributed by atoms with Gasteiger partial charge in [0.1, 0.15) is 6.04 Å². The van der Waals surface area contributed by atoms with Crippen LogP contribution in [0.4, 0.5) is 5.69 Å². The van der Waals surface area contributed by atoms with Crippen LogP contribution in [-0.4, -0.2) is 23.0 Å². The number of hydrogen-bond donors (Lipinski definition) is 3.